The maximum atomic E-state index is 10.9. The van der Waals surface area contributed by atoms with Gasteiger partial charge in [0.1, 0.15) is 0 Å². The van der Waals surface area contributed by atoms with E-state index in [0.717, 1.165) is 32.1 Å². The van der Waals surface area contributed by atoms with E-state index in [2.05, 4.69) is 18.6 Å². The molecule has 4 heteroatoms. The Hall–Kier alpha value is -0.353. The lowest BCUT2D eigenvalue weighted by molar-refractivity contribution is -0.140. The first-order valence-electron chi connectivity index (χ1n) is 6.50. The number of esters is 1. The Morgan fingerprint density at radius 2 is 1.71 bits per heavy atom. The van der Waals surface area contributed by atoms with Crippen molar-refractivity contribution in [1.29, 1.82) is 0 Å². The minimum Gasteiger partial charge on any atom is -0.469 e. The van der Waals surface area contributed by atoms with Crippen molar-refractivity contribution in [2.24, 2.45) is 0 Å². The topological polar surface area (TPSA) is 46.5 Å². The molecule has 0 aliphatic carbocycles. The van der Waals surface area contributed by atoms with Crippen molar-refractivity contribution < 1.29 is 14.3 Å². The van der Waals surface area contributed by atoms with Crippen molar-refractivity contribution in [2.75, 3.05) is 7.11 Å². The van der Waals surface area contributed by atoms with E-state index >= 15 is 0 Å². The van der Waals surface area contributed by atoms with Gasteiger partial charge in [0.2, 0.25) is 0 Å². The smallest absolute Gasteiger partial charge is 0.305 e. The van der Waals surface area contributed by atoms with Crippen LogP contribution in [-0.4, -0.2) is 26.2 Å². The van der Waals surface area contributed by atoms with Gasteiger partial charge in [-0.1, -0.05) is 33.1 Å². The van der Waals surface area contributed by atoms with Gasteiger partial charge in [0.25, 0.3) is 0 Å². The monoisotopic (exact) mass is 260 g/mol. The predicted octanol–water partition coefficient (Wildman–Crippen LogP) is 3.48. The number of carbonyl (C=O) groups is 1. The van der Waals surface area contributed by atoms with E-state index < -0.39 is 8.32 Å². The van der Waals surface area contributed by atoms with Gasteiger partial charge < -0.3 is 9.53 Å². The average molecular weight is 260 g/mol. The summed E-state index contributed by atoms with van der Waals surface area (Å²) in [6.07, 6.45) is 5.84. The third-order valence-electron chi connectivity index (χ3n) is 3.82. The Morgan fingerprint density at radius 1 is 1.18 bits per heavy atom. The predicted molar refractivity (Wildman–Crippen MR) is 73.5 cm³/mol. The normalized spacial score (nSPS) is 12.6. The molecular weight excluding hydrogens is 232 g/mol. The Bertz CT molecular complexity index is 231. The molecule has 0 aliphatic rings. The molecule has 0 aromatic carbocycles. The molecular formula is C13H28O3Si. The molecule has 0 bridgehead atoms. The fourth-order valence-corrected chi connectivity index (χ4v) is 2.39. The number of methoxy groups -OCH3 is 1. The van der Waals surface area contributed by atoms with E-state index in [1.807, 2.05) is 13.1 Å². The molecule has 1 N–H and O–H groups in total. The quantitative estimate of drug-likeness (QED) is 0.413. The van der Waals surface area contributed by atoms with Crippen molar-refractivity contribution >= 4 is 14.3 Å². The molecule has 3 nitrogen and oxygen atoms in total. The van der Waals surface area contributed by atoms with Crippen molar-refractivity contribution in [1.82, 2.24) is 0 Å². The summed E-state index contributed by atoms with van der Waals surface area (Å²) < 4.78 is 4.59. The second kappa shape index (κ2) is 7.16. The fourth-order valence-electron chi connectivity index (χ4n) is 1.60. The Kier molecular flexibility index (Phi) is 7.01. The zero-order chi connectivity index (χ0) is 13.5. The van der Waals surface area contributed by atoms with Crippen LogP contribution in [0.15, 0.2) is 0 Å². The van der Waals surface area contributed by atoms with Gasteiger partial charge in [0.05, 0.1) is 7.11 Å². The minimum absolute atomic E-state index is 0.0787. The number of hydrogen-bond acceptors (Lipinski definition) is 3. The van der Waals surface area contributed by atoms with Crippen LogP contribution in [0.5, 0.6) is 0 Å². The van der Waals surface area contributed by atoms with Crippen LogP contribution < -0.4 is 0 Å². The molecule has 0 amide bonds. The number of hydrogen-bond donors (Lipinski definition) is 1. The zero-order valence-corrected chi connectivity index (χ0v) is 13.0. The first kappa shape index (κ1) is 16.6. The molecule has 0 fully saturated rings. The largest absolute Gasteiger partial charge is 0.469 e. The van der Waals surface area contributed by atoms with Crippen LogP contribution in [0, 0.1) is 0 Å². The van der Waals surface area contributed by atoms with Gasteiger partial charge in [-0.05, 0) is 31.0 Å². The van der Waals surface area contributed by atoms with Crippen molar-refractivity contribution in [3.8, 4) is 0 Å². The number of unbranched alkanes of at least 4 members (excludes halogenated alkanes) is 3. The van der Waals surface area contributed by atoms with Gasteiger partial charge in [0, 0.05) is 6.42 Å². The van der Waals surface area contributed by atoms with Crippen LogP contribution in [0.4, 0.5) is 0 Å². The molecule has 0 radical (unpaired) electrons. The number of ether oxygens (including phenoxy) is 1. The van der Waals surface area contributed by atoms with Crippen LogP contribution in [0.2, 0.25) is 18.1 Å². The van der Waals surface area contributed by atoms with E-state index in [1.54, 1.807) is 0 Å². The average Bonchev–Trinajstić information content (AvgIpc) is 2.21. The summed E-state index contributed by atoms with van der Waals surface area (Å²) in [6, 6.07) is 0. The van der Waals surface area contributed by atoms with Crippen molar-refractivity contribution in [3.63, 3.8) is 0 Å². The summed E-state index contributed by atoms with van der Waals surface area (Å²) in [5.74, 6) is -0.116. The van der Waals surface area contributed by atoms with E-state index in [4.69, 9.17) is 0 Å². The first-order valence-corrected chi connectivity index (χ1v) is 9.44. The summed E-state index contributed by atoms with van der Waals surface area (Å²) >= 11 is 0. The molecule has 0 heterocycles. The van der Waals surface area contributed by atoms with Gasteiger partial charge in [0.15, 0.2) is 8.32 Å². The Balaban J connectivity index is 3.62. The molecule has 0 aromatic heterocycles. The summed E-state index contributed by atoms with van der Waals surface area (Å²) in [6.45, 7) is 8.33. The first-order chi connectivity index (χ1) is 7.70. The van der Waals surface area contributed by atoms with Crippen LogP contribution in [0.3, 0.4) is 0 Å². The van der Waals surface area contributed by atoms with Crippen LogP contribution in [-0.2, 0) is 9.53 Å². The van der Waals surface area contributed by atoms with E-state index in [0.29, 0.717) is 6.42 Å². The highest BCUT2D eigenvalue weighted by Gasteiger charge is 2.37. The molecule has 0 aromatic rings. The van der Waals surface area contributed by atoms with Gasteiger partial charge in [-0.25, -0.2) is 0 Å². The molecule has 0 rings (SSSR count). The zero-order valence-electron chi connectivity index (χ0n) is 12.0. The van der Waals surface area contributed by atoms with Crippen LogP contribution >= 0.6 is 0 Å². The van der Waals surface area contributed by atoms with E-state index in [-0.39, 0.29) is 11.0 Å². The van der Waals surface area contributed by atoms with Crippen molar-refractivity contribution in [3.05, 3.63) is 0 Å². The molecule has 0 atom stereocenters. The Morgan fingerprint density at radius 3 is 2.18 bits per heavy atom. The highest BCUT2D eigenvalue weighted by atomic mass is 28.4. The summed E-state index contributed by atoms with van der Waals surface area (Å²) in [7, 11) is -0.622. The standard InChI is InChI=1S/C13H28O3Si/c1-13(2,17(4,5)15)11-9-7-6-8-10-12(14)16-3/h15H,6-11H2,1-5H3. The molecule has 0 aliphatic heterocycles. The maximum absolute atomic E-state index is 10.9. The van der Waals surface area contributed by atoms with Crippen LogP contribution in [0.25, 0.3) is 0 Å². The minimum atomic E-state index is -2.05. The molecule has 17 heavy (non-hydrogen) atoms. The third-order valence-corrected chi connectivity index (χ3v) is 7.38. The lowest BCUT2D eigenvalue weighted by Crippen LogP contribution is -2.38. The molecule has 0 saturated heterocycles. The maximum Gasteiger partial charge on any atom is 0.305 e. The highest BCUT2D eigenvalue weighted by Crippen LogP contribution is 2.40. The summed E-state index contributed by atoms with van der Waals surface area (Å²) in [5.41, 5.74) is 0. The van der Waals surface area contributed by atoms with E-state index in [1.165, 1.54) is 7.11 Å². The van der Waals surface area contributed by atoms with Gasteiger partial charge in [-0.3, -0.25) is 4.79 Å². The molecule has 102 valence electrons. The second-order valence-corrected chi connectivity index (χ2v) is 10.4. The molecule has 0 saturated carbocycles. The molecule has 0 spiro atoms. The summed E-state index contributed by atoms with van der Waals surface area (Å²) in [4.78, 5) is 21.0. The summed E-state index contributed by atoms with van der Waals surface area (Å²) in [5, 5.41) is 0.0787. The highest BCUT2D eigenvalue weighted by molar-refractivity contribution is 6.72. The lowest BCUT2D eigenvalue weighted by atomic mass is 10.0. The number of rotatable bonds is 8. The lowest BCUT2D eigenvalue weighted by Gasteiger charge is -2.35. The number of carbonyl (C=O) groups excluding carboxylic acids is 1. The van der Waals surface area contributed by atoms with Crippen molar-refractivity contribution in [2.45, 2.75) is 70.5 Å². The van der Waals surface area contributed by atoms with Gasteiger partial charge >= 0.3 is 5.97 Å². The molecule has 0 unspecified atom stereocenters. The van der Waals surface area contributed by atoms with E-state index in [9.17, 15) is 9.59 Å². The van der Waals surface area contributed by atoms with Crippen LogP contribution in [0.1, 0.15) is 52.4 Å². The van der Waals surface area contributed by atoms with Gasteiger partial charge in [-0.15, -0.1) is 0 Å². The van der Waals surface area contributed by atoms with Gasteiger partial charge in [-0.2, -0.15) is 0 Å². The third kappa shape index (κ3) is 6.84. The second-order valence-electron chi connectivity index (χ2n) is 5.93. The fraction of sp³-hybridized carbons (Fsp3) is 0.923. The Labute approximate surface area is 107 Å². The SMILES string of the molecule is COC(=O)CCCCCCC(C)(C)[Si](C)(C)O.